The maximum atomic E-state index is 6.86. The van der Waals surface area contributed by atoms with Crippen molar-refractivity contribution in [1.82, 2.24) is 0 Å². The Morgan fingerprint density at radius 2 is 0.857 bits per heavy atom. The molecule has 0 saturated heterocycles. The zero-order chi connectivity index (χ0) is 27.4. The molecule has 10 rings (SSSR count). The van der Waals surface area contributed by atoms with E-state index in [1.807, 2.05) is 12.1 Å². The van der Waals surface area contributed by atoms with Crippen LogP contribution >= 0.6 is 0 Å². The van der Waals surface area contributed by atoms with Gasteiger partial charge in [-0.25, -0.2) is 0 Å². The Kier molecular flexibility index (Phi) is 4.21. The van der Waals surface area contributed by atoms with Gasteiger partial charge in [0.25, 0.3) is 0 Å². The van der Waals surface area contributed by atoms with E-state index in [1.165, 1.54) is 43.4 Å². The summed E-state index contributed by atoms with van der Waals surface area (Å²) in [6.07, 6.45) is 0. The van der Waals surface area contributed by atoms with E-state index >= 15 is 0 Å². The van der Waals surface area contributed by atoms with Gasteiger partial charge in [-0.3, -0.25) is 0 Å². The SMILES string of the molecule is c1ccc2c(c1)oc1ccc(-c3ccc4c(ccc5c6ccc7c8ccccc8c8ccccc8c7c6oc45)c3)cc12. The molecule has 0 fully saturated rings. The van der Waals surface area contributed by atoms with Crippen LogP contribution in [0.3, 0.4) is 0 Å². The lowest BCUT2D eigenvalue weighted by Crippen LogP contribution is -1.83. The van der Waals surface area contributed by atoms with E-state index in [9.17, 15) is 0 Å². The molecule has 0 bridgehead atoms. The van der Waals surface area contributed by atoms with Crippen LogP contribution in [0.25, 0.3) is 98.1 Å². The number of rotatable bonds is 1. The smallest absolute Gasteiger partial charge is 0.143 e. The van der Waals surface area contributed by atoms with Crippen LogP contribution in [0, 0.1) is 0 Å². The summed E-state index contributed by atoms with van der Waals surface area (Å²) in [5.74, 6) is 0. The highest BCUT2D eigenvalue weighted by Crippen LogP contribution is 2.43. The number of fused-ring (bicyclic) bond motifs is 15. The van der Waals surface area contributed by atoms with Crippen molar-refractivity contribution in [2.75, 3.05) is 0 Å². The van der Waals surface area contributed by atoms with E-state index in [2.05, 4.69) is 121 Å². The summed E-state index contributed by atoms with van der Waals surface area (Å²) in [6.45, 7) is 0. The third-order valence-electron chi connectivity index (χ3n) is 9.04. The van der Waals surface area contributed by atoms with E-state index < -0.39 is 0 Å². The Morgan fingerprint density at radius 1 is 0.310 bits per heavy atom. The minimum Gasteiger partial charge on any atom is -0.456 e. The van der Waals surface area contributed by atoms with Crippen molar-refractivity contribution < 1.29 is 8.83 Å². The maximum Gasteiger partial charge on any atom is 0.143 e. The van der Waals surface area contributed by atoms with Gasteiger partial charge in [0.2, 0.25) is 0 Å². The zero-order valence-corrected chi connectivity index (χ0v) is 22.5. The van der Waals surface area contributed by atoms with Crippen molar-refractivity contribution in [2.45, 2.75) is 0 Å². The van der Waals surface area contributed by atoms with Gasteiger partial charge in [0.15, 0.2) is 0 Å². The lowest BCUT2D eigenvalue weighted by atomic mass is 9.93. The van der Waals surface area contributed by atoms with Crippen molar-refractivity contribution in [3.05, 3.63) is 133 Å². The second-order valence-corrected chi connectivity index (χ2v) is 11.2. The van der Waals surface area contributed by atoms with Crippen LogP contribution in [0.5, 0.6) is 0 Å². The first kappa shape index (κ1) is 22.1. The van der Waals surface area contributed by atoms with E-state index in [0.717, 1.165) is 54.6 Å². The van der Waals surface area contributed by atoms with Gasteiger partial charge in [0.1, 0.15) is 22.3 Å². The molecule has 0 unspecified atom stereocenters. The topological polar surface area (TPSA) is 26.3 Å². The molecule has 194 valence electrons. The fourth-order valence-electron chi connectivity index (χ4n) is 7.09. The van der Waals surface area contributed by atoms with E-state index in [0.29, 0.717) is 0 Å². The third-order valence-corrected chi connectivity index (χ3v) is 9.04. The first-order chi connectivity index (χ1) is 20.8. The number of furan rings is 2. The van der Waals surface area contributed by atoms with Gasteiger partial charge in [-0.15, -0.1) is 0 Å². The molecule has 0 atom stereocenters. The van der Waals surface area contributed by atoms with Gasteiger partial charge in [0, 0.05) is 32.3 Å². The van der Waals surface area contributed by atoms with Crippen LogP contribution in [-0.4, -0.2) is 0 Å². The lowest BCUT2D eigenvalue weighted by molar-refractivity contribution is 0.669. The lowest BCUT2D eigenvalue weighted by Gasteiger charge is -2.10. The van der Waals surface area contributed by atoms with Crippen LogP contribution in [-0.2, 0) is 0 Å². The molecule has 8 aromatic carbocycles. The minimum absolute atomic E-state index is 0.914. The largest absolute Gasteiger partial charge is 0.456 e. The Balaban J connectivity index is 1.23. The van der Waals surface area contributed by atoms with Crippen molar-refractivity contribution >= 4 is 87.0 Å². The summed E-state index contributed by atoms with van der Waals surface area (Å²) < 4.78 is 12.9. The third kappa shape index (κ3) is 2.88. The maximum absolute atomic E-state index is 6.86. The molecule has 0 amide bonds. The minimum atomic E-state index is 0.914. The number of para-hydroxylation sites is 1. The van der Waals surface area contributed by atoms with Crippen molar-refractivity contribution in [1.29, 1.82) is 0 Å². The van der Waals surface area contributed by atoms with Gasteiger partial charge in [0.05, 0.1) is 0 Å². The quantitative estimate of drug-likeness (QED) is 0.196. The van der Waals surface area contributed by atoms with Crippen LogP contribution in [0.4, 0.5) is 0 Å². The van der Waals surface area contributed by atoms with Crippen molar-refractivity contribution in [2.24, 2.45) is 0 Å². The standard InChI is InChI=1S/C40H22O2/c1-2-9-29-27(7-1)28-8-3-4-11-31(28)38-32(29)18-19-34-33-17-14-25-21-23(13-16-26(25)39(33)42-40(34)38)24-15-20-37-35(22-24)30-10-5-6-12-36(30)41-37/h1-22H. The fraction of sp³-hybridized carbons (Fsp3) is 0. The first-order valence-electron chi connectivity index (χ1n) is 14.3. The van der Waals surface area contributed by atoms with Gasteiger partial charge in [-0.1, -0.05) is 91.0 Å². The highest BCUT2D eigenvalue weighted by molar-refractivity contribution is 6.33. The summed E-state index contributed by atoms with van der Waals surface area (Å²) in [6, 6.07) is 47.7. The summed E-state index contributed by atoms with van der Waals surface area (Å²) in [5.41, 5.74) is 6.08. The van der Waals surface area contributed by atoms with Crippen LogP contribution in [0.2, 0.25) is 0 Å². The van der Waals surface area contributed by atoms with Crippen LogP contribution in [0.1, 0.15) is 0 Å². The normalized spacial score (nSPS) is 12.3. The molecule has 0 aliphatic heterocycles. The average Bonchev–Trinajstić information content (AvgIpc) is 3.63. The molecule has 42 heavy (non-hydrogen) atoms. The number of hydrogen-bond acceptors (Lipinski definition) is 2. The second-order valence-electron chi connectivity index (χ2n) is 11.2. The molecule has 2 heterocycles. The summed E-state index contributed by atoms with van der Waals surface area (Å²) >= 11 is 0. The second kappa shape index (κ2) is 7.99. The molecular weight excluding hydrogens is 512 g/mol. The van der Waals surface area contributed by atoms with Gasteiger partial charge in [-0.2, -0.15) is 0 Å². The molecule has 0 N–H and O–H groups in total. The molecule has 10 aromatic rings. The molecule has 2 nitrogen and oxygen atoms in total. The van der Waals surface area contributed by atoms with Gasteiger partial charge < -0.3 is 8.83 Å². The Hall–Kier alpha value is -5.60. The molecule has 2 heteroatoms. The monoisotopic (exact) mass is 534 g/mol. The molecule has 0 aliphatic carbocycles. The number of benzene rings is 8. The van der Waals surface area contributed by atoms with E-state index in [4.69, 9.17) is 8.83 Å². The molecule has 0 radical (unpaired) electrons. The molecule has 0 spiro atoms. The van der Waals surface area contributed by atoms with E-state index in [-0.39, 0.29) is 0 Å². The fourth-order valence-corrected chi connectivity index (χ4v) is 7.09. The first-order valence-corrected chi connectivity index (χ1v) is 14.3. The number of hydrogen-bond donors (Lipinski definition) is 0. The van der Waals surface area contributed by atoms with Crippen molar-refractivity contribution in [3.8, 4) is 11.1 Å². The zero-order valence-electron chi connectivity index (χ0n) is 22.5. The average molecular weight is 535 g/mol. The Bertz CT molecular complexity index is 2700. The molecular formula is C40H22O2. The van der Waals surface area contributed by atoms with Gasteiger partial charge >= 0.3 is 0 Å². The summed E-state index contributed by atoms with van der Waals surface area (Å²) in [5, 5.41) is 14.3. The predicted octanol–water partition coefficient (Wildman–Crippen LogP) is 11.8. The summed E-state index contributed by atoms with van der Waals surface area (Å²) in [7, 11) is 0. The van der Waals surface area contributed by atoms with Crippen molar-refractivity contribution in [3.63, 3.8) is 0 Å². The molecule has 0 saturated carbocycles. The predicted molar refractivity (Wildman–Crippen MR) is 176 cm³/mol. The molecule has 2 aromatic heterocycles. The molecule has 0 aliphatic rings. The highest BCUT2D eigenvalue weighted by Gasteiger charge is 2.17. The Labute approximate surface area is 240 Å². The Morgan fingerprint density at radius 3 is 1.69 bits per heavy atom. The van der Waals surface area contributed by atoms with E-state index in [1.54, 1.807) is 0 Å². The summed E-state index contributed by atoms with van der Waals surface area (Å²) in [4.78, 5) is 0. The highest BCUT2D eigenvalue weighted by atomic mass is 16.3. The van der Waals surface area contributed by atoms with Crippen LogP contribution < -0.4 is 0 Å². The van der Waals surface area contributed by atoms with Gasteiger partial charge in [-0.05, 0) is 85.9 Å². The van der Waals surface area contributed by atoms with Crippen LogP contribution in [0.15, 0.2) is 142 Å².